The monoisotopic (exact) mass is 510 g/mol. The van der Waals surface area contributed by atoms with Crippen molar-refractivity contribution in [3.8, 4) is 11.5 Å². The molecule has 1 N–H and O–H groups in total. The molecule has 0 unspecified atom stereocenters. The Morgan fingerprint density at radius 2 is 1.94 bits per heavy atom. The highest BCUT2D eigenvalue weighted by Crippen LogP contribution is 2.36. The van der Waals surface area contributed by atoms with Gasteiger partial charge in [-0.1, -0.05) is 6.07 Å². The van der Waals surface area contributed by atoms with Crippen molar-refractivity contribution in [2.24, 2.45) is 5.92 Å². The van der Waals surface area contributed by atoms with E-state index in [1.165, 1.54) is 17.4 Å². The van der Waals surface area contributed by atoms with Crippen LogP contribution in [-0.2, 0) is 11.2 Å². The lowest BCUT2D eigenvalue weighted by atomic mass is 10.0. The van der Waals surface area contributed by atoms with Crippen molar-refractivity contribution >= 4 is 33.2 Å². The molecule has 1 aromatic carbocycles. The summed E-state index contributed by atoms with van der Waals surface area (Å²) in [6.07, 6.45) is 4.65. The number of benzene rings is 1. The lowest BCUT2D eigenvalue weighted by Crippen LogP contribution is -2.46. The maximum atomic E-state index is 14.8. The molecule has 0 radical (unpaired) electrons. The zero-order chi connectivity index (χ0) is 25.1. The van der Waals surface area contributed by atoms with Crippen molar-refractivity contribution < 1.29 is 18.7 Å². The summed E-state index contributed by atoms with van der Waals surface area (Å²) in [6.45, 7) is 5.50. The van der Waals surface area contributed by atoms with Crippen LogP contribution in [0.2, 0.25) is 0 Å². The molecular weight excluding hydrogens is 479 g/mol. The second kappa shape index (κ2) is 11.0. The van der Waals surface area contributed by atoms with Crippen LogP contribution in [0.3, 0.4) is 0 Å². The number of carbonyl (C=O) groups excluding carboxylic acids is 2. The number of amides is 1. The Balaban J connectivity index is 1.21. The van der Waals surface area contributed by atoms with Crippen LogP contribution in [0.25, 0.3) is 10.2 Å². The number of ketones is 1. The summed E-state index contributed by atoms with van der Waals surface area (Å²) in [5.41, 5.74) is 1.28. The Labute approximate surface area is 214 Å². The molecular formula is C27H31FN4O3S. The van der Waals surface area contributed by atoms with Crippen LogP contribution in [0, 0.1) is 11.7 Å². The third kappa shape index (κ3) is 6.27. The topological polar surface area (TPSA) is 74.8 Å². The van der Waals surface area contributed by atoms with Gasteiger partial charge >= 0.3 is 0 Å². The molecule has 190 valence electrons. The van der Waals surface area contributed by atoms with Crippen LogP contribution < -0.4 is 10.1 Å². The molecule has 2 aliphatic rings. The molecule has 1 amide bonds. The van der Waals surface area contributed by atoms with Crippen molar-refractivity contribution in [1.82, 2.24) is 20.1 Å². The molecule has 7 nitrogen and oxygen atoms in total. The summed E-state index contributed by atoms with van der Waals surface area (Å²) in [7, 11) is 2.12. The molecule has 2 fully saturated rings. The van der Waals surface area contributed by atoms with Crippen molar-refractivity contribution in [3.63, 3.8) is 0 Å². The first kappa shape index (κ1) is 24.8. The molecule has 5 rings (SSSR count). The van der Waals surface area contributed by atoms with E-state index in [1.54, 1.807) is 30.5 Å². The van der Waals surface area contributed by atoms with E-state index in [0.29, 0.717) is 45.3 Å². The van der Waals surface area contributed by atoms with Gasteiger partial charge in [0, 0.05) is 64.4 Å². The lowest BCUT2D eigenvalue weighted by Gasteiger charge is -2.32. The first-order valence-corrected chi connectivity index (χ1v) is 13.3. The van der Waals surface area contributed by atoms with E-state index in [4.69, 9.17) is 4.74 Å². The first-order chi connectivity index (χ1) is 17.4. The average molecular weight is 511 g/mol. The highest BCUT2D eigenvalue weighted by atomic mass is 32.1. The summed E-state index contributed by atoms with van der Waals surface area (Å²) in [5.74, 6) is 0.521. The summed E-state index contributed by atoms with van der Waals surface area (Å²) in [6, 6.07) is 8.06. The number of nitrogens with zero attached hydrogens (tertiary/aromatic N) is 3. The number of piperazine rings is 1. The fourth-order valence-corrected chi connectivity index (χ4v) is 5.37. The van der Waals surface area contributed by atoms with Crippen molar-refractivity contribution in [1.29, 1.82) is 0 Å². The largest absolute Gasteiger partial charge is 0.453 e. The number of carbonyl (C=O) groups is 2. The number of fused-ring (bicyclic) bond motifs is 1. The lowest BCUT2D eigenvalue weighted by molar-refractivity contribution is -0.118. The predicted molar refractivity (Wildman–Crippen MR) is 138 cm³/mol. The number of hydrogen-bond donors (Lipinski definition) is 1. The molecule has 1 saturated heterocycles. The quantitative estimate of drug-likeness (QED) is 0.442. The van der Waals surface area contributed by atoms with Crippen LogP contribution in [-0.4, -0.2) is 72.8 Å². The van der Waals surface area contributed by atoms with Crippen LogP contribution in [0.5, 0.6) is 11.5 Å². The first-order valence-electron chi connectivity index (χ1n) is 12.5. The summed E-state index contributed by atoms with van der Waals surface area (Å²) >= 11 is 1.28. The van der Waals surface area contributed by atoms with Crippen LogP contribution >= 0.6 is 11.3 Å². The molecule has 1 saturated carbocycles. The standard InChI is InChI=1S/C27H31FN4O3S/c1-31-10-12-32(13-11-31)9-8-30-27(34)25-17-22-26(36-25)24(6-7-29-22)35-23-5-4-19(16-21(23)28)15-20(33)14-18-2-3-18/h4-7,16-18H,2-3,8-15H2,1H3,(H,30,34). The zero-order valence-corrected chi connectivity index (χ0v) is 21.3. The smallest absolute Gasteiger partial charge is 0.261 e. The molecule has 9 heteroatoms. The Morgan fingerprint density at radius 1 is 1.14 bits per heavy atom. The number of rotatable bonds is 10. The minimum Gasteiger partial charge on any atom is -0.453 e. The third-order valence-corrected chi connectivity index (χ3v) is 7.88. The number of pyridine rings is 1. The van der Waals surface area contributed by atoms with E-state index in [9.17, 15) is 14.0 Å². The second-order valence-corrected chi connectivity index (χ2v) is 10.8. The van der Waals surface area contributed by atoms with Gasteiger partial charge in [-0.05, 0) is 49.6 Å². The van der Waals surface area contributed by atoms with E-state index >= 15 is 0 Å². The minimum atomic E-state index is -0.518. The molecule has 0 bridgehead atoms. The van der Waals surface area contributed by atoms with Gasteiger partial charge in [0.2, 0.25) is 0 Å². The molecule has 36 heavy (non-hydrogen) atoms. The van der Waals surface area contributed by atoms with E-state index in [1.807, 2.05) is 0 Å². The third-order valence-electron chi connectivity index (χ3n) is 6.74. The highest BCUT2D eigenvalue weighted by molar-refractivity contribution is 7.21. The SMILES string of the molecule is CN1CCN(CCNC(=O)c2cc3nccc(Oc4ccc(CC(=O)CC5CC5)cc4F)c3s2)CC1. The molecule has 1 aliphatic carbocycles. The van der Waals surface area contributed by atoms with Gasteiger partial charge in [-0.2, -0.15) is 0 Å². The number of thiophene rings is 1. The number of likely N-dealkylation sites (N-methyl/N-ethyl adjacent to an activating group) is 1. The molecule has 0 spiro atoms. The summed E-state index contributed by atoms with van der Waals surface area (Å²) < 4.78 is 21.4. The van der Waals surface area contributed by atoms with Gasteiger partial charge in [0.05, 0.1) is 15.1 Å². The summed E-state index contributed by atoms with van der Waals surface area (Å²) in [4.78, 5) is 34.4. The van der Waals surface area contributed by atoms with E-state index in [2.05, 4.69) is 27.1 Å². The average Bonchev–Trinajstić information content (AvgIpc) is 3.55. The second-order valence-electron chi connectivity index (χ2n) is 9.76. The predicted octanol–water partition coefficient (Wildman–Crippen LogP) is 4.12. The Bertz CT molecular complexity index is 1250. The van der Waals surface area contributed by atoms with Crippen molar-refractivity contribution in [3.05, 3.63) is 52.8 Å². The van der Waals surface area contributed by atoms with Crippen molar-refractivity contribution in [2.75, 3.05) is 46.3 Å². The fraction of sp³-hybridized carbons (Fsp3) is 0.444. The van der Waals surface area contributed by atoms with Gasteiger partial charge in [-0.3, -0.25) is 19.5 Å². The summed E-state index contributed by atoms with van der Waals surface area (Å²) in [5, 5.41) is 2.99. The fourth-order valence-electron chi connectivity index (χ4n) is 4.39. The van der Waals surface area contributed by atoms with Gasteiger partial charge in [0.1, 0.15) is 11.5 Å². The number of hydrogen-bond acceptors (Lipinski definition) is 7. The zero-order valence-electron chi connectivity index (χ0n) is 20.5. The number of aromatic nitrogens is 1. The van der Waals surface area contributed by atoms with Crippen LogP contribution in [0.1, 0.15) is 34.5 Å². The molecule has 0 atom stereocenters. The maximum Gasteiger partial charge on any atom is 0.261 e. The van der Waals surface area contributed by atoms with Crippen LogP contribution in [0.4, 0.5) is 4.39 Å². The normalized spacial score (nSPS) is 16.8. The van der Waals surface area contributed by atoms with Gasteiger partial charge in [0.25, 0.3) is 5.91 Å². The van der Waals surface area contributed by atoms with Crippen LogP contribution in [0.15, 0.2) is 36.5 Å². The van der Waals surface area contributed by atoms with E-state index in [0.717, 1.165) is 45.6 Å². The number of Topliss-reactive ketones (excluding diaryl/α,β-unsaturated/α-hetero) is 1. The maximum absolute atomic E-state index is 14.8. The number of ether oxygens (including phenoxy) is 1. The Hall–Kier alpha value is -2.88. The van der Waals surface area contributed by atoms with Gasteiger partial charge in [-0.25, -0.2) is 4.39 Å². The van der Waals surface area contributed by atoms with E-state index < -0.39 is 5.82 Å². The minimum absolute atomic E-state index is 0.0764. The number of nitrogens with one attached hydrogen (secondary N) is 1. The van der Waals surface area contributed by atoms with Gasteiger partial charge in [0.15, 0.2) is 11.6 Å². The van der Waals surface area contributed by atoms with Gasteiger partial charge < -0.3 is 15.0 Å². The molecule has 3 aromatic rings. The van der Waals surface area contributed by atoms with Crippen molar-refractivity contribution in [2.45, 2.75) is 25.7 Å². The Morgan fingerprint density at radius 3 is 2.69 bits per heavy atom. The Kier molecular flexibility index (Phi) is 7.59. The van der Waals surface area contributed by atoms with Gasteiger partial charge in [-0.15, -0.1) is 11.3 Å². The molecule has 2 aromatic heterocycles. The number of halogens is 1. The van der Waals surface area contributed by atoms with E-state index in [-0.39, 0.29) is 23.9 Å². The molecule has 3 heterocycles. The highest BCUT2D eigenvalue weighted by Gasteiger charge is 2.24. The molecule has 1 aliphatic heterocycles.